The van der Waals surface area contributed by atoms with E-state index in [1.54, 1.807) is 0 Å². The fourth-order valence-corrected chi connectivity index (χ4v) is 4.23. The van der Waals surface area contributed by atoms with Crippen LogP contribution in [0.15, 0.2) is 0 Å². The normalized spacial score (nSPS) is 52.2. The van der Waals surface area contributed by atoms with E-state index in [0.717, 1.165) is 30.1 Å². The lowest BCUT2D eigenvalue weighted by Gasteiger charge is -2.30. The molecule has 3 saturated carbocycles. The molecule has 13 heavy (non-hydrogen) atoms. The number of fused-ring (bicyclic) bond motifs is 5. The van der Waals surface area contributed by atoms with Crippen LogP contribution in [0.5, 0.6) is 0 Å². The summed E-state index contributed by atoms with van der Waals surface area (Å²) in [6.45, 7) is 0.648. The molecule has 0 spiro atoms. The molecule has 0 heterocycles. The molecule has 2 nitrogen and oxygen atoms in total. The molecule has 0 unspecified atom stereocenters. The van der Waals surface area contributed by atoms with E-state index >= 15 is 0 Å². The minimum absolute atomic E-state index is 0.279. The molecule has 0 amide bonds. The number of rotatable bonds is 2. The van der Waals surface area contributed by atoms with E-state index in [9.17, 15) is 4.79 Å². The van der Waals surface area contributed by atoms with E-state index in [1.165, 1.54) is 25.7 Å². The van der Waals surface area contributed by atoms with Crippen LogP contribution in [-0.4, -0.2) is 12.6 Å². The Bertz CT molecular complexity index is 226. The second-order valence-corrected chi connectivity index (χ2v) is 4.92. The van der Waals surface area contributed by atoms with Gasteiger partial charge in [0, 0.05) is 0 Å². The van der Waals surface area contributed by atoms with Crippen molar-refractivity contribution in [3.63, 3.8) is 0 Å². The van der Waals surface area contributed by atoms with Gasteiger partial charge in [0.2, 0.25) is 0 Å². The predicted octanol–water partition coefficient (Wildman–Crippen LogP) is 1.98. The molecule has 3 aliphatic rings. The maximum absolute atomic E-state index is 10.3. The zero-order chi connectivity index (χ0) is 8.84. The molecular formula is C11H16O2. The van der Waals surface area contributed by atoms with Crippen molar-refractivity contribution in [3.05, 3.63) is 0 Å². The monoisotopic (exact) mass is 180 g/mol. The number of carbonyl (C=O) groups is 1. The smallest absolute Gasteiger partial charge is 0.293 e. The summed E-state index contributed by atoms with van der Waals surface area (Å²) in [4.78, 5) is 10.3. The molecule has 3 rings (SSSR count). The maximum atomic E-state index is 10.3. The van der Waals surface area contributed by atoms with Crippen LogP contribution < -0.4 is 0 Å². The van der Waals surface area contributed by atoms with E-state index in [-0.39, 0.29) is 6.10 Å². The molecule has 0 aromatic rings. The highest BCUT2D eigenvalue weighted by atomic mass is 16.5. The Hall–Kier alpha value is -0.530. The van der Waals surface area contributed by atoms with Crippen molar-refractivity contribution in [2.24, 2.45) is 23.7 Å². The molecule has 0 N–H and O–H groups in total. The molecule has 0 aromatic heterocycles. The fraction of sp³-hybridized carbons (Fsp3) is 0.909. The first kappa shape index (κ1) is 7.84. The molecule has 0 saturated heterocycles. The molecule has 72 valence electrons. The number of hydrogen-bond acceptors (Lipinski definition) is 2. The van der Waals surface area contributed by atoms with Gasteiger partial charge < -0.3 is 4.74 Å². The summed E-state index contributed by atoms with van der Waals surface area (Å²) in [6.07, 6.45) is 7.03. The summed E-state index contributed by atoms with van der Waals surface area (Å²) in [5, 5.41) is 0. The standard InChI is InChI=1S/C11H16O2/c12-6-13-11-5-7-4-10(11)9-3-1-2-8(7)9/h6-11H,1-5H2/t7-,8+,9+,10+,11-/m1/s1. The number of carbonyl (C=O) groups excluding carboxylic acids is 1. The zero-order valence-corrected chi connectivity index (χ0v) is 7.82. The second kappa shape index (κ2) is 2.73. The van der Waals surface area contributed by atoms with Crippen LogP contribution in [-0.2, 0) is 9.53 Å². The third kappa shape index (κ3) is 0.976. The van der Waals surface area contributed by atoms with Gasteiger partial charge in [-0.2, -0.15) is 0 Å². The summed E-state index contributed by atoms with van der Waals surface area (Å²) < 4.78 is 5.16. The molecule has 3 aliphatic carbocycles. The quantitative estimate of drug-likeness (QED) is 0.607. The average molecular weight is 180 g/mol. The highest BCUT2D eigenvalue weighted by Crippen LogP contribution is 2.59. The van der Waals surface area contributed by atoms with Gasteiger partial charge in [0.1, 0.15) is 6.10 Å². The first-order valence-corrected chi connectivity index (χ1v) is 5.49. The largest absolute Gasteiger partial charge is 0.464 e. The summed E-state index contributed by atoms with van der Waals surface area (Å²) in [7, 11) is 0. The van der Waals surface area contributed by atoms with Crippen LogP contribution in [0.1, 0.15) is 32.1 Å². The first-order valence-electron chi connectivity index (χ1n) is 5.49. The van der Waals surface area contributed by atoms with Crippen molar-refractivity contribution >= 4 is 6.47 Å². The van der Waals surface area contributed by atoms with Gasteiger partial charge in [0.25, 0.3) is 6.47 Å². The molecule has 2 bridgehead atoms. The minimum Gasteiger partial charge on any atom is -0.464 e. The zero-order valence-electron chi connectivity index (χ0n) is 7.82. The average Bonchev–Trinajstić information content (AvgIpc) is 2.72. The molecule has 2 heteroatoms. The molecule has 5 atom stereocenters. The van der Waals surface area contributed by atoms with E-state index in [1.807, 2.05) is 0 Å². The van der Waals surface area contributed by atoms with Crippen molar-refractivity contribution in [1.82, 2.24) is 0 Å². The lowest BCUT2D eigenvalue weighted by atomic mass is 9.80. The Kier molecular flexibility index (Phi) is 1.64. The molecular weight excluding hydrogens is 164 g/mol. The first-order chi connectivity index (χ1) is 6.40. The maximum Gasteiger partial charge on any atom is 0.293 e. The van der Waals surface area contributed by atoms with Crippen molar-refractivity contribution < 1.29 is 9.53 Å². The van der Waals surface area contributed by atoms with Crippen molar-refractivity contribution in [2.75, 3.05) is 0 Å². The second-order valence-electron chi connectivity index (χ2n) is 4.92. The van der Waals surface area contributed by atoms with Crippen LogP contribution in [0.4, 0.5) is 0 Å². The highest BCUT2D eigenvalue weighted by Gasteiger charge is 2.54. The Morgan fingerprint density at radius 3 is 2.77 bits per heavy atom. The topological polar surface area (TPSA) is 26.3 Å². The van der Waals surface area contributed by atoms with Crippen LogP contribution in [0.2, 0.25) is 0 Å². The molecule has 0 aromatic carbocycles. The minimum atomic E-state index is 0.279. The number of ether oxygens (including phenoxy) is 1. The van der Waals surface area contributed by atoms with Crippen LogP contribution in [0, 0.1) is 23.7 Å². The Labute approximate surface area is 78.6 Å². The SMILES string of the molecule is O=CO[C@@H]1C[C@H]2C[C@H]1[C@H]1CCC[C@@H]21. The molecule has 0 aliphatic heterocycles. The molecule has 3 fully saturated rings. The lowest BCUT2D eigenvalue weighted by molar-refractivity contribution is -0.137. The van der Waals surface area contributed by atoms with Crippen molar-refractivity contribution in [1.29, 1.82) is 0 Å². The Morgan fingerprint density at radius 2 is 1.92 bits per heavy atom. The third-order valence-electron chi connectivity index (χ3n) is 4.60. The van der Waals surface area contributed by atoms with Gasteiger partial charge in [-0.25, -0.2) is 0 Å². The predicted molar refractivity (Wildman–Crippen MR) is 48.0 cm³/mol. The summed E-state index contributed by atoms with van der Waals surface area (Å²) in [6, 6.07) is 0. The fourth-order valence-electron chi connectivity index (χ4n) is 4.23. The van der Waals surface area contributed by atoms with Crippen LogP contribution >= 0.6 is 0 Å². The summed E-state index contributed by atoms with van der Waals surface area (Å²) >= 11 is 0. The van der Waals surface area contributed by atoms with E-state index < -0.39 is 0 Å². The van der Waals surface area contributed by atoms with E-state index in [4.69, 9.17) is 4.74 Å². The molecule has 0 radical (unpaired) electrons. The van der Waals surface area contributed by atoms with Gasteiger partial charge in [0.15, 0.2) is 0 Å². The van der Waals surface area contributed by atoms with Crippen molar-refractivity contribution in [2.45, 2.75) is 38.2 Å². The number of hydrogen-bond donors (Lipinski definition) is 0. The summed E-state index contributed by atoms with van der Waals surface area (Å²) in [5.41, 5.74) is 0. The van der Waals surface area contributed by atoms with Gasteiger partial charge >= 0.3 is 0 Å². The van der Waals surface area contributed by atoms with E-state index in [2.05, 4.69) is 0 Å². The Morgan fingerprint density at radius 1 is 1.08 bits per heavy atom. The van der Waals surface area contributed by atoms with E-state index in [0.29, 0.717) is 6.47 Å². The van der Waals surface area contributed by atoms with Gasteiger partial charge in [-0.1, -0.05) is 6.42 Å². The van der Waals surface area contributed by atoms with Gasteiger partial charge in [-0.05, 0) is 49.4 Å². The lowest BCUT2D eigenvalue weighted by Crippen LogP contribution is -2.29. The van der Waals surface area contributed by atoms with Crippen LogP contribution in [0.3, 0.4) is 0 Å². The third-order valence-corrected chi connectivity index (χ3v) is 4.60. The van der Waals surface area contributed by atoms with Gasteiger partial charge in [0.05, 0.1) is 0 Å². The van der Waals surface area contributed by atoms with Gasteiger partial charge in [-0.3, -0.25) is 4.79 Å². The summed E-state index contributed by atoms with van der Waals surface area (Å²) in [5.74, 6) is 3.52. The van der Waals surface area contributed by atoms with Crippen LogP contribution in [0.25, 0.3) is 0 Å². The Balaban J connectivity index is 1.77. The van der Waals surface area contributed by atoms with Crippen molar-refractivity contribution in [3.8, 4) is 0 Å². The highest BCUT2D eigenvalue weighted by molar-refractivity contribution is 5.38. The van der Waals surface area contributed by atoms with Gasteiger partial charge in [-0.15, -0.1) is 0 Å².